The molecule has 1 aromatic rings. The molecular weight excluding hydrogens is 222 g/mol. The van der Waals surface area contributed by atoms with Crippen LogP contribution in [0.15, 0.2) is 24.3 Å². The molecule has 1 aromatic carbocycles. The molecule has 2 atom stereocenters. The van der Waals surface area contributed by atoms with Crippen molar-refractivity contribution in [3.05, 3.63) is 35.4 Å². The van der Waals surface area contributed by atoms with E-state index in [4.69, 9.17) is 10.5 Å². The average molecular weight is 247 g/mol. The van der Waals surface area contributed by atoms with Crippen LogP contribution in [0.25, 0.3) is 0 Å². The third kappa shape index (κ3) is 3.82. The van der Waals surface area contributed by atoms with E-state index in [1.807, 2.05) is 0 Å². The Hall–Kier alpha value is -0.860. The van der Waals surface area contributed by atoms with Crippen molar-refractivity contribution in [2.24, 2.45) is 5.73 Å². The maximum Gasteiger partial charge on any atom is 0.0576 e. The van der Waals surface area contributed by atoms with Gasteiger partial charge in [0.05, 0.1) is 6.10 Å². The summed E-state index contributed by atoms with van der Waals surface area (Å²) in [5.41, 5.74) is 8.96. The minimum Gasteiger partial charge on any atom is -0.378 e. The molecule has 1 heterocycles. The normalized spacial score (nSPS) is 21.1. The molecule has 0 radical (unpaired) electrons. The van der Waals surface area contributed by atoms with Crippen LogP contribution < -0.4 is 5.73 Å². The van der Waals surface area contributed by atoms with Crippen LogP contribution in [0.4, 0.5) is 0 Å². The van der Waals surface area contributed by atoms with Gasteiger partial charge in [0.1, 0.15) is 0 Å². The Balaban J connectivity index is 1.86. The molecule has 2 unspecified atom stereocenters. The minimum atomic E-state index is 0.158. The summed E-state index contributed by atoms with van der Waals surface area (Å²) in [5, 5.41) is 0. The van der Waals surface area contributed by atoms with Gasteiger partial charge in [0, 0.05) is 12.6 Å². The Labute approximate surface area is 111 Å². The summed E-state index contributed by atoms with van der Waals surface area (Å²) >= 11 is 0. The van der Waals surface area contributed by atoms with Crippen LogP contribution in [0, 0.1) is 0 Å². The Morgan fingerprint density at radius 1 is 1.44 bits per heavy atom. The summed E-state index contributed by atoms with van der Waals surface area (Å²) in [6.07, 6.45) is 7.34. The Morgan fingerprint density at radius 2 is 2.33 bits per heavy atom. The largest absolute Gasteiger partial charge is 0.378 e. The van der Waals surface area contributed by atoms with Gasteiger partial charge >= 0.3 is 0 Å². The van der Waals surface area contributed by atoms with Gasteiger partial charge in [-0.15, -0.1) is 0 Å². The lowest BCUT2D eigenvalue weighted by Gasteiger charge is -2.15. The Morgan fingerprint density at radius 3 is 3.06 bits per heavy atom. The van der Waals surface area contributed by atoms with Gasteiger partial charge < -0.3 is 10.5 Å². The van der Waals surface area contributed by atoms with Crippen LogP contribution in [0.2, 0.25) is 0 Å². The first kappa shape index (κ1) is 13.6. The van der Waals surface area contributed by atoms with Gasteiger partial charge in [-0.3, -0.25) is 0 Å². The molecule has 0 aliphatic carbocycles. The predicted molar refractivity (Wildman–Crippen MR) is 75.6 cm³/mol. The van der Waals surface area contributed by atoms with Crippen molar-refractivity contribution in [3.63, 3.8) is 0 Å². The lowest BCUT2D eigenvalue weighted by molar-refractivity contribution is 0.101. The molecule has 2 rings (SSSR count). The van der Waals surface area contributed by atoms with Crippen LogP contribution in [0.3, 0.4) is 0 Å². The lowest BCUT2D eigenvalue weighted by Crippen LogP contribution is -2.14. The van der Waals surface area contributed by atoms with Crippen molar-refractivity contribution < 1.29 is 4.74 Å². The highest BCUT2D eigenvalue weighted by molar-refractivity contribution is 5.26. The molecule has 0 saturated carbocycles. The van der Waals surface area contributed by atoms with E-state index in [1.54, 1.807) is 0 Å². The topological polar surface area (TPSA) is 35.2 Å². The van der Waals surface area contributed by atoms with Crippen LogP contribution >= 0.6 is 0 Å². The zero-order chi connectivity index (χ0) is 12.8. The monoisotopic (exact) mass is 247 g/mol. The number of aryl methyl sites for hydroxylation is 1. The van der Waals surface area contributed by atoms with Gasteiger partial charge in [-0.2, -0.15) is 0 Å². The molecule has 18 heavy (non-hydrogen) atoms. The third-order valence-corrected chi connectivity index (χ3v) is 3.74. The first-order chi connectivity index (χ1) is 8.79. The van der Waals surface area contributed by atoms with E-state index in [-0.39, 0.29) is 6.04 Å². The number of ether oxygens (including phenoxy) is 1. The fourth-order valence-corrected chi connectivity index (χ4v) is 2.67. The zero-order valence-corrected chi connectivity index (χ0v) is 11.4. The van der Waals surface area contributed by atoms with Gasteiger partial charge in [0.15, 0.2) is 0 Å². The molecule has 2 heteroatoms. The van der Waals surface area contributed by atoms with E-state index in [1.165, 1.54) is 30.4 Å². The van der Waals surface area contributed by atoms with Crippen LogP contribution in [0.1, 0.15) is 56.2 Å². The Kier molecular flexibility index (Phi) is 5.21. The molecule has 0 aromatic heterocycles. The standard InChI is InChI=1S/C16H25NO/c1-2-5-13-6-3-7-14(12-13)16(17)10-9-15-8-4-11-18-15/h3,6-7,12,15-16H,2,4-5,8-11,17H2,1H3. The second kappa shape index (κ2) is 6.91. The van der Waals surface area contributed by atoms with Crippen molar-refractivity contribution in [1.82, 2.24) is 0 Å². The van der Waals surface area contributed by atoms with Crippen LogP contribution in [-0.4, -0.2) is 12.7 Å². The molecule has 1 saturated heterocycles. The lowest BCUT2D eigenvalue weighted by atomic mass is 9.97. The van der Waals surface area contributed by atoms with E-state index in [2.05, 4.69) is 31.2 Å². The van der Waals surface area contributed by atoms with E-state index in [0.717, 1.165) is 25.9 Å². The van der Waals surface area contributed by atoms with E-state index < -0.39 is 0 Å². The molecule has 0 bridgehead atoms. The summed E-state index contributed by atoms with van der Waals surface area (Å²) in [7, 11) is 0. The van der Waals surface area contributed by atoms with Gasteiger partial charge in [-0.05, 0) is 43.2 Å². The number of benzene rings is 1. The predicted octanol–water partition coefficient (Wildman–Crippen LogP) is 3.60. The molecule has 1 fully saturated rings. The molecule has 2 N–H and O–H groups in total. The van der Waals surface area contributed by atoms with Crippen LogP contribution in [0.5, 0.6) is 0 Å². The van der Waals surface area contributed by atoms with Crippen LogP contribution in [-0.2, 0) is 11.2 Å². The summed E-state index contributed by atoms with van der Waals surface area (Å²) < 4.78 is 5.65. The van der Waals surface area contributed by atoms with Crippen molar-refractivity contribution in [3.8, 4) is 0 Å². The summed E-state index contributed by atoms with van der Waals surface area (Å²) in [4.78, 5) is 0. The quantitative estimate of drug-likeness (QED) is 0.833. The number of nitrogens with two attached hydrogens (primary N) is 1. The minimum absolute atomic E-state index is 0.158. The van der Waals surface area contributed by atoms with Gasteiger partial charge in [-0.1, -0.05) is 37.6 Å². The molecule has 100 valence electrons. The van der Waals surface area contributed by atoms with Gasteiger partial charge in [0.2, 0.25) is 0 Å². The molecule has 0 spiro atoms. The van der Waals surface area contributed by atoms with Crippen molar-refractivity contribution in [2.45, 2.75) is 57.6 Å². The summed E-state index contributed by atoms with van der Waals surface area (Å²) in [5.74, 6) is 0. The maximum atomic E-state index is 6.28. The summed E-state index contributed by atoms with van der Waals surface area (Å²) in [6.45, 7) is 3.15. The Bertz CT molecular complexity index is 358. The molecule has 2 nitrogen and oxygen atoms in total. The summed E-state index contributed by atoms with van der Waals surface area (Å²) in [6, 6.07) is 8.90. The number of hydrogen-bond donors (Lipinski definition) is 1. The molecule has 0 amide bonds. The second-order valence-electron chi connectivity index (χ2n) is 5.31. The SMILES string of the molecule is CCCc1cccc(C(N)CCC2CCCO2)c1. The third-order valence-electron chi connectivity index (χ3n) is 3.74. The number of rotatable bonds is 6. The zero-order valence-electron chi connectivity index (χ0n) is 11.4. The van der Waals surface area contributed by atoms with Gasteiger partial charge in [0.25, 0.3) is 0 Å². The fraction of sp³-hybridized carbons (Fsp3) is 0.625. The van der Waals surface area contributed by atoms with E-state index in [9.17, 15) is 0 Å². The highest BCUT2D eigenvalue weighted by atomic mass is 16.5. The van der Waals surface area contributed by atoms with Crippen molar-refractivity contribution in [2.75, 3.05) is 6.61 Å². The first-order valence-electron chi connectivity index (χ1n) is 7.25. The average Bonchev–Trinajstić information content (AvgIpc) is 2.90. The van der Waals surface area contributed by atoms with Gasteiger partial charge in [-0.25, -0.2) is 0 Å². The first-order valence-corrected chi connectivity index (χ1v) is 7.25. The highest BCUT2D eigenvalue weighted by Gasteiger charge is 2.17. The fourth-order valence-electron chi connectivity index (χ4n) is 2.67. The van der Waals surface area contributed by atoms with E-state index >= 15 is 0 Å². The van der Waals surface area contributed by atoms with Crippen molar-refractivity contribution in [1.29, 1.82) is 0 Å². The smallest absolute Gasteiger partial charge is 0.0576 e. The second-order valence-corrected chi connectivity index (χ2v) is 5.31. The highest BCUT2D eigenvalue weighted by Crippen LogP contribution is 2.23. The van der Waals surface area contributed by atoms with Crippen molar-refractivity contribution >= 4 is 0 Å². The molecular formula is C16H25NO. The van der Waals surface area contributed by atoms with E-state index in [0.29, 0.717) is 6.10 Å². The molecule has 1 aliphatic heterocycles. The molecule has 1 aliphatic rings. The number of hydrogen-bond acceptors (Lipinski definition) is 2. The maximum absolute atomic E-state index is 6.28.